The highest BCUT2D eigenvalue weighted by Crippen LogP contribution is 2.49. The largest absolute Gasteiger partial charge is 0.143 e. The van der Waals surface area contributed by atoms with E-state index in [0.29, 0.717) is 5.92 Å². The first-order valence-corrected chi connectivity index (χ1v) is 9.74. The number of alkyl halides is 1. The molecule has 0 radical (unpaired) electrons. The molecule has 2 aromatic rings. The van der Waals surface area contributed by atoms with Crippen molar-refractivity contribution in [2.45, 2.75) is 50.3 Å². The van der Waals surface area contributed by atoms with Crippen LogP contribution in [-0.4, -0.2) is 0 Å². The van der Waals surface area contributed by atoms with Crippen LogP contribution in [-0.2, 0) is 0 Å². The van der Waals surface area contributed by atoms with Crippen LogP contribution in [0, 0.1) is 17.8 Å². The summed E-state index contributed by atoms with van der Waals surface area (Å²) in [7, 11) is 0. The number of rotatable bonds is 2. The molecule has 2 saturated carbocycles. The van der Waals surface area contributed by atoms with E-state index in [9.17, 15) is 0 Å². The molecule has 2 heteroatoms. The molecule has 4 rings (SSSR count). The third kappa shape index (κ3) is 2.64. The van der Waals surface area contributed by atoms with Crippen LogP contribution in [0.25, 0.3) is 10.1 Å². The predicted molar refractivity (Wildman–Crippen MR) is 93.2 cm³/mol. The lowest BCUT2D eigenvalue weighted by atomic mass is 9.66. The van der Waals surface area contributed by atoms with E-state index in [1.807, 2.05) is 11.3 Å². The molecule has 0 aliphatic heterocycles. The van der Waals surface area contributed by atoms with E-state index < -0.39 is 0 Å². The first-order chi connectivity index (χ1) is 10.3. The summed E-state index contributed by atoms with van der Waals surface area (Å²) in [4.78, 5) is 0. The van der Waals surface area contributed by atoms with Gasteiger partial charge < -0.3 is 0 Å². The lowest BCUT2D eigenvalue weighted by molar-refractivity contribution is 0.128. The second-order valence-electron chi connectivity index (χ2n) is 6.97. The molecule has 112 valence electrons. The summed E-state index contributed by atoms with van der Waals surface area (Å²) in [5.41, 5.74) is 1.39. The second-order valence-corrected chi connectivity index (χ2v) is 8.35. The predicted octanol–water partition coefficient (Wildman–Crippen LogP) is 6.79. The van der Waals surface area contributed by atoms with Gasteiger partial charge in [-0.3, -0.25) is 0 Å². The van der Waals surface area contributed by atoms with Gasteiger partial charge in [0.1, 0.15) is 0 Å². The molecule has 4 atom stereocenters. The van der Waals surface area contributed by atoms with Gasteiger partial charge in [-0.15, -0.1) is 22.9 Å². The highest BCUT2D eigenvalue weighted by atomic mass is 35.5. The van der Waals surface area contributed by atoms with E-state index in [0.717, 1.165) is 11.8 Å². The van der Waals surface area contributed by atoms with Gasteiger partial charge in [0, 0.05) is 4.70 Å². The lowest BCUT2D eigenvalue weighted by Gasteiger charge is -2.40. The Morgan fingerprint density at radius 1 is 1.00 bits per heavy atom. The molecule has 0 saturated heterocycles. The molecule has 2 aliphatic carbocycles. The summed E-state index contributed by atoms with van der Waals surface area (Å²) >= 11 is 8.79. The molecule has 0 amide bonds. The van der Waals surface area contributed by atoms with E-state index in [2.05, 4.69) is 29.6 Å². The minimum absolute atomic E-state index is 0.212. The molecule has 21 heavy (non-hydrogen) atoms. The number of benzene rings is 1. The third-order valence-electron chi connectivity index (χ3n) is 5.80. The summed E-state index contributed by atoms with van der Waals surface area (Å²) in [5.74, 6) is 2.66. The fraction of sp³-hybridized carbons (Fsp3) is 0.579. The molecule has 1 aromatic heterocycles. The normalized spacial score (nSPS) is 31.0. The summed E-state index contributed by atoms with van der Waals surface area (Å²) < 4.78 is 1.38. The van der Waals surface area contributed by atoms with Crippen LogP contribution < -0.4 is 0 Å². The van der Waals surface area contributed by atoms with Crippen molar-refractivity contribution in [2.75, 3.05) is 0 Å². The Balaban J connectivity index is 1.56. The van der Waals surface area contributed by atoms with Crippen LogP contribution in [0.2, 0.25) is 0 Å². The summed E-state index contributed by atoms with van der Waals surface area (Å²) in [6, 6.07) is 8.72. The van der Waals surface area contributed by atoms with Gasteiger partial charge in [-0.1, -0.05) is 43.9 Å². The van der Waals surface area contributed by atoms with Gasteiger partial charge in [0.05, 0.1) is 5.38 Å². The minimum atomic E-state index is 0.212. The van der Waals surface area contributed by atoms with Gasteiger partial charge in [0.15, 0.2) is 0 Å². The van der Waals surface area contributed by atoms with Crippen molar-refractivity contribution in [3.63, 3.8) is 0 Å². The van der Waals surface area contributed by atoms with Crippen molar-refractivity contribution in [1.82, 2.24) is 0 Å². The van der Waals surface area contributed by atoms with E-state index >= 15 is 0 Å². The Morgan fingerprint density at radius 3 is 2.71 bits per heavy atom. The maximum atomic E-state index is 6.94. The molecular formula is C19H23ClS. The maximum absolute atomic E-state index is 6.94. The smallest absolute Gasteiger partial charge is 0.0627 e. The highest BCUT2D eigenvalue weighted by molar-refractivity contribution is 7.17. The molecule has 2 aliphatic rings. The van der Waals surface area contributed by atoms with Crippen LogP contribution >= 0.6 is 22.9 Å². The summed E-state index contributed by atoms with van der Waals surface area (Å²) in [5, 5.41) is 3.90. The first-order valence-electron chi connectivity index (χ1n) is 8.43. The Hall–Kier alpha value is -0.530. The van der Waals surface area contributed by atoms with Crippen LogP contribution in [0.15, 0.2) is 29.6 Å². The zero-order chi connectivity index (χ0) is 14.2. The standard InChI is InChI=1S/C19H23ClS/c20-19(17-12-21-18-8-4-3-7-16(17)18)15-10-9-13-5-1-2-6-14(13)11-15/h3-4,7-8,12-15,19H,1-2,5-6,9-11H2. The van der Waals surface area contributed by atoms with Gasteiger partial charge in [0.25, 0.3) is 0 Å². The Morgan fingerprint density at radius 2 is 1.81 bits per heavy atom. The van der Waals surface area contributed by atoms with Crippen LogP contribution in [0.4, 0.5) is 0 Å². The van der Waals surface area contributed by atoms with Crippen molar-refractivity contribution in [3.05, 3.63) is 35.2 Å². The van der Waals surface area contributed by atoms with E-state index in [1.54, 1.807) is 0 Å². The molecule has 0 nitrogen and oxygen atoms in total. The molecule has 0 spiro atoms. The lowest BCUT2D eigenvalue weighted by Crippen LogP contribution is -2.29. The molecule has 2 fully saturated rings. The number of hydrogen-bond acceptors (Lipinski definition) is 1. The van der Waals surface area contributed by atoms with E-state index in [1.165, 1.54) is 60.6 Å². The Bertz CT molecular complexity index is 617. The van der Waals surface area contributed by atoms with Crippen molar-refractivity contribution in [3.8, 4) is 0 Å². The average Bonchev–Trinajstić information content (AvgIpc) is 2.98. The molecular weight excluding hydrogens is 296 g/mol. The number of hydrogen-bond donors (Lipinski definition) is 0. The second kappa shape index (κ2) is 5.93. The fourth-order valence-corrected chi connectivity index (χ4v) is 6.12. The zero-order valence-electron chi connectivity index (χ0n) is 12.4. The highest BCUT2D eigenvalue weighted by Gasteiger charge is 2.35. The van der Waals surface area contributed by atoms with Crippen molar-refractivity contribution in [2.24, 2.45) is 17.8 Å². The molecule has 4 unspecified atom stereocenters. The van der Waals surface area contributed by atoms with E-state index in [-0.39, 0.29) is 5.38 Å². The SMILES string of the molecule is ClC(c1csc2ccccc12)C1CCC2CCCCC2C1. The van der Waals surface area contributed by atoms with Crippen LogP contribution in [0.5, 0.6) is 0 Å². The zero-order valence-corrected chi connectivity index (χ0v) is 14.0. The monoisotopic (exact) mass is 318 g/mol. The molecule has 0 bridgehead atoms. The minimum Gasteiger partial charge on any atom is -0.143 e. The number of fused-ring (bicyclic) bond motifs is 2. The fourth-order valence-electron chi connectivity index (χ4n) is 4.64. The molecule has 1 aromatic carbocycles. The van der Waals surface area contributed by atoms with Crippen molar-refractivity contribution < 1.29 is 0 Å². The summed E-state index contributed by atoms with van der Waals surface area (Å²) in [6.07, 6.45) is 9.96. The molecule has 0 N–H and O–H groups in total. The van der Waals surface area contributed by atoms with Crippen LogP contribution in [0.1, 0.15) is 55.9 Å². The quantitative estimate of drug-likeness (QED) is 0.535. The maximum Gasteiger partial charge on any atom is 0.0627 e. The van der Waals surface area contributed by atoms with Gasteiger partial charge in [-0.25, -0.2) is 0 Å². The topological polar surface area (TPSA) is 0 Å². The average molecular weight is 319 g/mol. The Kier molecular flexibility index (Phi) is 3.98. The number of thiophene rings is 1. The van der Waals surface area contributed by atoms with Crippen LogP contribution in [0.3, 0.4) is 0 Å². The first kappa shape index (κ1) is 14.1. The van der Waals surface area contributed by atoms with Crippen molar-refractivity contribution in [1.29, 1.82) is 0 Å². The summed E-state index contributed by atoms with van der Waals surface area (Å²) in [6.45, 7) is 0. The molecule has 1 heterocycles. The van der Waals surface area contributed by atoms with Gasteiger partial charge in [0.2, 0.25) is 0 Å². The van der Waals surface area contributed by atoms with Gasteiger partial charge in [-0.2, -0.15) is 0 Å². The Labute approximate surface area is 136 Å². The third-order valence-corrected chi connectivity index (χ3v) is 7.38. The van der Waals surface area contributed by atoms with Gasteiger partial charge in [-0.05, 0) is 59.4 Å². The number of halogens is 1. The van der Waals surface area contributed by atoms with Crippen molar-refractivity contribution >= 4 is 33.0 Å². The van der Waals surface area contributed by atoms with E-state index in [4.69, 9.17) is 11.6 Å². The van der Waals surface area contributed by atoms with Gasteiger partial charge >= 0.3 is 0 Å².